The van der Waals surface area contributed by atoms with Gasteiger partial charge in [-0.05, 0) is 31.4 Å². The molecule has 0 aromatic heterocycles. The fraction of sp³-hybridized carbons (Fsp3) is 0.704. The lowest BCUT2D eigenvalue weighted by Crippen LogP contribution is -2.08. The Balaban J connectivity index is 1.91. The second kappa shape index (κ2) is 20.2. The number of ether oxygens (including phenoxy) is 2. The predicted molar refractivity (Wildman–Crippen MR) is 142 cm³/mol. The molecule has 0 bridgehead atoms. The van der Waals surface area contributed by atoms with E-state index in [4.69, 9.17) is 44.3 Å². The van der Waals surface area contributed by atoms with Crippen LogP contribution in [0.25, 0.3) is 0 Å². The van der Waals surface area contributed by atoms with Crippen molar-refractivity contribution < 1.29 is 19.1 Å². The maximum atomic E-state index is 12.0. The van der Waals surface area contributed by atoms with Crippen molar-refractivity contribution in [2.24, 2.45) is 0 Å². The van der Waals surface area contributed by atoms with E-state index in [0.29, 0.717) is 24.5 Å². The van der Waals surface area contributed by atoms with Gasteiger partial charge >= 0.3 is 11.9 Å². The molecule has 1 rings (SSSR count). The van der Waals surface area contributed by atoms with E-state index in [1.54, 1.807) is 0 Å². The van der Waals surface area contributed by atoms with Crippen LogP contribution in [0, 0.1) is 0 Å². The highest BCUT2D eigenvalue weighted by atomic mass is 35.5. The highest BCUT2D eigenvalue weighted by molar-refractivity contribution is 6.40. The van der Waals surface area contributed by atoms with Crippen molar-refractivity contribution in [3.05, 3.63) is 27.2 Å². The minimum absolute atomic E-state index is 0.0816. The molecule has 34 heavy (non-hydrogen) atoms. The van der Waals surface area contributed by atoms with Crippen LogP contribution in [0.15, 0.2) is 12.1 Å². The zero-order chi connectivity index (χ0) is 25.0. The standard InChI is InChI=1S/C27H41Cl3O4/c1-2-3-4-5-6-7-10-13-16-19-33-25(31)17-14-11-8-9-12-15-18-26(32)34-27-23(29)20-22(28)21-24(27)30/h20-21H,2-19H2,1H3. The van der Waals surface area contributed by atoms with Crippen LogP contribution in [0.3, 0.4) is 0 Å². The summed E-state index contributed by atoms with van der Waals surface area (Å²) in [5, 5.41) is 0.831. The zero-order valence-corrected chi connectivity index (χ0v) is 22.9. The first-order valence-corrected chi connectivity index (χ1v) is 14.1. The fourth-order valence-electron chi connectivity index (χ4n) is 3.71. The summed E-state index contributed by atoms with van der Waals surface area (Å²) in [7, 11) is 0. The van der Waals surface area contributed by atoms with Crippen molar-refractivity contribution in [1.29, 1.82) is 0 Å². The first kappa shape index (κ1) is 31.1. The van der Waals surface area contributed by atoms with Crippen LogP contribution in [0.2, 0.25) is 15.1 Å². The van der Waals surface area contributed by atoms with Crippen molar-refractivity contribution in [2.75, 3.05) is 6.61 Å². The molecule has 0 aliphatic carbocycles. The van der Waals surface area contributed by atoms with Gasteiger partial charge in [-0.2, -0.15) is 0 Å². The van der Waals surface area contributed by atoms with Crippen molar-refractivity contribution in [2.45, 2.75) is 116 Å². The number of unbranched alkanes of at least 4 members (excludes halogenated alkanes) is 13. The first-order chi connectivity index (χ1) is 16.4. The number of halogens is 3. The van der Waals surface area contributed by atoms with Crippen molar-refractivity contribution in [1.82, 2.24) is 0 Å². The summed E-state index contributed by atoms with van der Waals surface area (Å²) in [4.78, 5) is 23.8. The van der Waals surface area contributed by atoms with Crippen LogP contribution in [-0.2, 0) is 14.3 Å². The van der Waals surface area contributed by atoms with Crippen LogP contribution < -0.4 is 4.74 Å². The van der Waals surface area contributed by atoms with Gasteiger partial charge in [-0.25, -0.2) is 0 Å². The number of rotatable bonds is 20. The van der Waals surface area contributed by atoms with E-state index in [2.05, 4.69) is 6.92 Å². The van der Waals surface area contributed by atoms with E-state index in [-0.39, 0.29) is 27.7 Å². The second-order valence-electron chi connectivity index (χ2n) is 8.84. The molecule has 194 valence electrons. The normalized spacial score (nSPS) is 10.9. The molecular weight excluding hydrogens is 495 g/mol. The summed E-state index contributed by atoms with van der Waals surface area (Å²) < 4.78 is 10.6. The molecule has 1 aromatic rings. The monoisotopic (exact) mass is 534 g/mol. The van der Waals surface area contributed by atoms with E-state index in [1.165, 1.54) is 57.1 Å². The van der Waals surface area contributed by atoms with E-state index in [9.17, 15) is 9.59 Å². The highest BCUT2D eigenvalue weighted by Crippen LogP contribution is 2.36. The molecule has 0 aliphatic rings. The molecule has 7 heteroatoms. The Hall–Kier alpha value is -0.970. The largest absolute Gasteiger partial charge is 0.466 e. The van der Waals surface area contributed by atoms with E-state index < -0.39 is 0 Å². The maximum absolute atomic E-state index is 12.0. The van der Waals surface area contributed by atoms with E-state index in [0.717, 1.165) is 51.4 Å². The average Bonchev–Trinajstić information content (AvgIpc) is 2.79. The molecule has 0 aliphatic heterocycles. The third-order valence-electron chi connectivity index (χ3n) is 5.70. The molecule has 1 aromatic carbocycles. The molecule has 4 nitrogen and oxygen atoms in total. The Morgan fingerprint density at radius 1 is 0.647 bits per heavy atom. The lowest BCUT2D eigenvalue weighted by Gasteiger charge is -2.08. The Kier molecular flexibility index (Phi) is 18.5. The van der Waals surface area contributed by atoms with Gasteiger partial charge in [-0.1, -0.05) is 119 Å². The lowest BCUT2D eigenvalue weighted by atomic mass is 10.1. The summed E-state index contributed by atoms with van der Waals surface area (Å²) in [6, 6.07) is 2.98. The van der Waals surface area contributed by atoms with Gasteiger partial charge in [0.05, 0.1) is 16.7 Å². The van der Waals surface area contributed by atoms with Crippen molar-refractivity contribution in [3.8, 4) is 5.75 Å². The Morgan fingerprint density at radius 3 is 1.62 bits per heavy atom. The lowest BCUT2D eigenvalue weighted by molar-refractivity contribution is -0.144. The molecule has 0 spiro atoms. The third kappa shape index (κ3) is 15.8. The van der Waals surface area contributed by atoms with Gasteiger partial charge in [0.2, 0.25) is 0 Å². The summed E-state index contributed by atoms with van der Waals surface area (Å²) in [6.45, 7) is 2.79. The van der Waals surface area contributed by atoms with Gasteiger partial charge in [0.25, 0.3) is 0 Å². The molecule has 0 amide bonds. The average molecular weight is 536 g/mol. The number of benzene rings is 1. The van der Waals surface area contributed by atoms with E-state index >= 15 is 0 Å². The fourth-order valence-corrected chi connectivity index (χ4v) is 4.60. The van der Waals surface area contributed by atoms with Gasteiger partial charge in [-0.3, -0.25) is 9.59 Å². The number of esters is 2. The van der Waals surface area contributed by atoms with E-state index in [1.807, 2.05) is 0 Å². The Morgan fingerprint density at radius 2 is 1.09 bits per heavy atom. The summed E-state index contributed by atoms with van der Waals surface area (Å²) in [5.41, 5.74) is 0. The molecular formula is C27H41Cl3O4. The molecule has 0 saturated heterocycles. The van der Waals surface area contributed by atoms with Gasteiger partial charge in [0.1, 0.15) is 0 Å². The molecule has 0 heterocycles. The molecule has 0 atom stereocenters. The maximum Gasteiger partial charge on any atom is 0.311 e. The Bertz CT molecular complexity index is 686. The minimum Gasteiger partial charge on any atom is -0.466 e. The van der Waals surface area contributed by atoms with Crippen LogP contribution in [-0.4, -0.2) is 18.5 Å². The van der Waals surface area contributed by atoms with Gasteiger partial charge < -0.3 is 9.47 Å². The Labute approximate surface area is 221 Å². The number of carbonyl (C=O) groups is 2. The van der Waals surface area contributed by atoms with Crippen LogP contribution in [0.4, 0.5) is 0 Å². The van der Waals surface area contributed by atoms with Crippen molar-refractivity contribution >= 4 is 46.7 Å². The topological polar surface area (TPSA) is 52.6 Å². The molecule has 0 radical (unpaired) electrons. The molecule has 0 unspecified atom stereocenters. The minimum atomic E-state index is -0.360. The van der Waals surface area contributed by atoms with Gasteiger partial charge in [0.15, 0.2) is 5.75 Å². The SMILES string of the molecule is CCCCCCCCCCCOC(=O)CCCCCCCCC(=O)Oc1c(Cl)cc(Cl)cc1Cl. The molecule has 0 fully saturated rings. The third-order valence-corrected chi connectivity index (χ3v) is 6.48. The van der Waals surface area contributed by atoms with Crippen LogP contribution in [0.1, 0.15) is 116 Å². The second-order valence-corrected chi connectivity index (χ2v) is 10.1. The van der Waals surface area contributed by atoms with Crippen LogP contribution in [0.5, 0.6) is 5.75 Å². The smallest absolute Gasteiger partial charge is 0.311 e. The van der Waals surface area contributed by atoms with Gasteiger partial charge in [-0.15, -0.1) is 0 Å². The zero-order valence-electron chi connectivity index (χ0n) is 20.6. The highest BCUT2D eigenvalue weighted by Gasteiger charge is 2.13. The molecule has 0 N–H and O–H groups in total. The number of hydrogen-bond donors (Lipinski definition) is 0. The summed E-state index contributed by atoms with van der Waals surface area (Å²) in [6.07, 6.45) is 17.7. The van der Waals surface area contributed by atoms with Crippen molar-refractivity contribution in [3.63, 3.8) is 0 Å². The predicted octanol–water partition coefficient (Wildman–Crippen LogP) is 9.75. The number of hydrogen-bond acceptors (Lipinski definition) is 4. The van der Waals surface area contributed by atoms with Crippen LogP contribution >= 0.6 is 34.8 Å². The summed E-state index contributed by atoms with van der Waals surface area (Å²) in [5.74, 6) is -0.287. The number of carbonyl (C=O) groups excluding carboxylic acids is 2. The first-order valence-electron chi connectivity index (χ1n) is 12.9. The quantitative estimate of drug-likeness (QED) is 0.0947. The summed E-state index contributed by atoms with van der Waals surface area (Å²) >= 11 is 17.9. The van der Waals surface area contributed by atoms with Gasteiger partial charge in [0, 0.05) is 17.9 Å². The molecule has 0 saturated carbocycles.